The molecule has 1 aromatic carbocycles. The summed E-state index contributed by atoms with van der Waals surface area (Å²) in [5.74, 6) is -0.773. The molecule has 3 heterocycles. The Kier molecular flexibility index (Phi) is 6.57. The largest absolute Gasteiger partial charge is 0.492 e. The molecule has 0 bridgehead atoms. The van der Waals surface area contributed by atoms with Crippen LogP contribution in [0.1, 0.15) is 25.3 Å². The molecular formula is C22H29N3O5S. The number of amides is 1. The van der Waals surface area contributed by atoms with Gasteiger partial charge in [-0.1, -0.05) is 19.1 Å². The number of aliphatic hydroxyl groups is 1. The first-order valence-electron chi connectivity index (χ1n) is 10.7. The molecule has 2 saturated heterocycles. The Labute approximate surface area is 185 Å². The summed E-state index contributed by atoms with van der Waals surface area (Å²) >= 11 is 1.57. The van der Waals surface area contributed by atoms with Crippen molar-refractivity contribution in [3.63, 3.8) is 0 Å². The van der Waals surface area contributed by atoms with Gasteiger partial charge in [0, 0.05) is 41.8 Å². The van der Waals surface area contributed by atoms with E-state index in [1.54, 1.807) is 11.8 Å². The summed E-state index contributed by atoms with van der Waals surface area (Å²) in [5.41, 5.74) is 6.80. The van der Waals surface area contributed by atoms with Gasteiger partial charge in [0.1, 0.15) is 18.1 Å². The molecule has 9 heteroatoms. The maximum absolute atomic E-state index is 12.5. The number of carbonyl (C=O) groups excluding carboxylic acids is 1. The van der Waals surface area contributed by atoms with Crippen LogP contribution in [-0.2, 0) is 16.1 Å². The van der Waals surface area contributed by atoms with Crippen molar-refractivity contribution in [2.75, 3.05) is 19.8 Å². The van der Waals surface area contributed by atoms with E-state index in [0.29, 0.717) is 19.6 Å². The molecule has 0 aliphatic carbocycles. The number of carbonyl (C=O) groups is 2. The average Bonchev–Trinajstić information content (AvgIpc) is 3.32. The van der Waals surface area contributed by atoms with Crippen molar-refractivity contribution in [2.24, 2.45) is 17.6 Å². The van der Waals surface area contributed by atoms with Gasteiger partial charge in [0.05, 0.1) is 12.0 Å². The summed E-state index contributed by atoms with van der Waals surface area (Å²) in [6, 6.07) is 7.75. The monoisotopic (exact) mass is 447 g/mol. The van der Waals surface area contributed by atoms with E-state index in [1.807, 2.05) is 31.2 Å². The molecule has 4 rings (SSSR count). The molecule has 0 radical (unpaired) electrons. The number of aliphatic hydroxyl groups excluding tert-OH is 1. The van der Waals surface area contributed by atoms with Gasteiger partial charge in [-0.3, -0.25) is 4.79 Å². The first-order valence-corrected chi connectivity index (χ1v) is 11.6. The van der Waals surface area contributed by atoms with Crippen LogP contribution in [0.15, 0.2) is 34.9 Å². The van der Waals surface area contributed by atoms with Crippen LogP contribution in [0.3, 0.4) is 0 Å². The third-order valence-electron chi connectivity index (χ3n) is 6.39. The van der Waals surface area contributed by atoms with Crippen LogP contribution in [0.2, 0.25) is 0 Å². The highest BCUT2D eigenvalue weighted by Crippen LogP contribution is 2.51. The molecule has 0 spiro atoms. The molecule has 2 fully saturated rings. The molecule has 3 aliphatic heterocycles. The molecule has 1 amide bonds. The zero-order valence-corrected chi connectivity index (χ0v) is 18.3. The Morgan fingerprint density at radius 3 is 2.74 bits per heavy atom. The minimum Gasteiger partial charge on any atom is -0.492 e. The van der Waals surface area contributed by atoms with E-state index in [9.17, 15) is 19.8 Å². The number of β-lactam (4-membered cyclic amide) rings is 1. The zero-order chi connectivity index (χ0) is 22.1. The lowest BCUT2D eigenvalue weighted by Gasteiger charge is -2.45. The number of hydrogen-bond donors (Lipinski definition) is 4. The van der Waals surface area contributed by atoms with E-state index >= 15 is 0 Å². The summed E-state index contributed by atoms with van der Waals surface area (Å²) in [6.45, 7) is 3.71. The molecule has 0 saturated carbocycles. The second-order valence-corrected chi connectivity index (χ2v) is 9.71. The Hall–Kier alpha value is -2.07. The summed E-state index contributed by atoms with van der Waals surface area (Å²) in [6.07, 6.45) is 1.24. The molecule has 3 aliphatic rings. The van der Waals surface area contributed by atoms with Crippen LogP contribution in [0.5, 0.6) is 5.75 Å². The van der Waals surface area contributed by atoms with Gasteiger partial charge in [-0.05, 0) is 30.5 Å². The van der Waals surface area contributed by atoms with Crippen LogP contribution in [0, 0.1) is 11.8 Å². The highest BCUT2D eigenvalue weighted by molar-refractivity contribution is 8.03. The van der Waals surface area contributed by atoms with E-state index < -0.39 is 5.97 Å². The molecule has 0 unspecified atom stereocenters. The van der Waals surface area contributed by atoms with Gasteiger partial charge in [0.15, 0.2) is 0 Å². The van der Waals surface area contributed by atoms with E-state index in [-0.39, 0.29) is 47.4 Å². The number of benzene rings is 1. The minimum absolute atomic E-state index is 0.0401. The number of fused-ring (bicyclic) bond motifs is 1. The average molecular weight is 448 g/mol. The number of carboxylic acids is 1. The summed E-state index contributed by atoms with van der Waals surface area (Å²) in [4.78, 5) is 26.6. The van der Waals surface area contributed by atoms with Crippen molar-refractivity contribution in [2.45, 2.75) is 43.6 Å². The number of hydrogen-bond acceptors (Lipinski definition) is 7. The Morgan fingerprint density at radius 2 is 2.10 bits per heavy atom. The molecule has 0 aromatic heterocycles. The normalized spacial score (nSPS) is 29.8. The Bertz CT molecular complexity index is 874. The number of thioether (sulfide) groups is 1. The summed E-state index contributed by atoms with van der Waals surface area (Å²) in [5, 5.41) is 22.7. The lowest BCUT2D eigenvalue weighted by Crippen LogP contribution is -2.60. The predicted octanol–water partition coefficient (Wildman–Crippen LogP) is 1.14. The van der Waals surface area contributed by atoms with E-state index in [4.69, 9.17) is 10.5 Å². The predicted molar refractivity (Wildman–Crippen MR) is 117 cm³/mol. The number of aliphatic carboxylic acids is 1. The quantitative estimate of drug-likeness (QED) is 0.416. The van der Waals surface area contributed by atoms with Crippen LogP contribution < -0.4 is 15.8 Å². The van der Waals surface area contributed by atoms with Gasteiger partial charge in [0.2, 0.25) is 5.91 Å². The van der Waals surface area contributed by atoms with E-state index in [0.717, 1.165) is 29.2 Å². The van der Waals surface area contributed by atoms with E-state index in [1.165, 1.54) is 4.90 Å². The number of nitrogens with two attached hydrogens (primary N) is 1. The molecular weight excluding hydrogens is 418 g/mol. The van der Waals surface area contributed by atoms with Crippen LogP contribution in [0.25, 0.3) is 0 Å². The van der Waals surface area contributed by atoms with Gasteiger partial charge in [-0.2, -0.15) is 0 Å². The van der Waals surface area contributed by atoms with Crippen molar-refractivity contribution < 1.29 is 24.5 Å². The zero-order valence-electron chi connectivity index (χ0n) is 17.5. The molecule has 168 valence electrons. The van der Waals surface area contributed by atoms with Crippen molar-refractivity contribution in [1.82, 2.24) is 10.2 Å². The van der Waals surface area contributed by atoms with Crippen LogP contribution >= 0.6 is 11.8 Å². The maximum atomic E-state index is 12.5. The standard InChI is InChI=1S/C22H29N3O5S/c1-12-18-17(6-7-26)21(27)25(18)19(22(28)29)20(12)31-16-8-14(24-10-16)11-30-15-4-2-13(9-23)3-5-15/h2-5,12,14,16-18,24,26H,6-11,23H2,1H3,(H,28,29)/t12-,14+,16+,17+,18-/m1/s1. The highest BCUT2D eigenvalue weighted by atomic mass is 32.2. The Balaban J connectivity index is 1.36. The van der Waals surface area contributed by atoms with Crippen molar-refractivity contribution in [3.05, 3.63) is 40.4 Å². The second kappa shape index (κ2) is 9.20. The third-order valence-corrected chi connectivity index (χ3v) is 7.90. The number of rotatable bonds is 9. The van der Waals surface area contributed by atoms with Crippen LogP contribution in [0.4, 0.5) is 0 Å². The van der Waals surface area contributed by atoms with Crippen LogP contribution in [-0.4, -0.2) is 64.1 Å². The number of nitrogens with one attached hydrogen (secondary N) is 1. The lowest BCUT2D eigenvalue weighted by atomic mass is 9.80. The molecule has 8 nitrogen and oxygen atoms in total. The number of ether oxygens (including phenoxy) is 1. The first-order chi connectivity index (χ1) is 14.9. The molecule has 5 atom stereocenters. The summed E-state index contributed by atoms with van der Waals surface area (Å²) in [7, 11) is 0. The SMILES string of the molecule is C[C@H]1C(S[C@@H]2CN[C@H](COc3ccc(CN)cc3)C2)=C(C(=O)O)N2C(=O)[C@@H](CCO)[C@@H]12. The summed E-state index contributed by atoms with van der Waals surface area (Å²) < 4.78 is 5.89. The van der Waals surface area contributed by atoms with E-state index in [2.05, 4.69) is 5.32 Å². The van der Waals surface area contributed by atoms with Gasteiger partial charge >= 0.3 is 5.97 Å². The topological polar surface area (TPSA) is 125 Å². The fourth-order valence-corrected chi connectivity index (χ4v) is 6.31. The van der Waals surface area contributed by atoms with Gasteiger partial charge in [-0.15, -0.1) is 11.8 Å². The fraction of sp³-hybridized carbons (Fsp3) is 0.545. The molecule has 5 N–H and O–H groups in total. The molecule has 31 heavy (non-hydrogen) atoms. The van der Waals surface area contributed by atoms with Gasteiger partial charge in [-0.25, -0.2) is 4.79 Å². The highest BCUT2D eigenvalue weighted by Gasteiger charge is 2.58. The minimum atomic E-state index is -1.06. The number of carboxylic acid groups (broad SMARTS) is 1. The van der Waals surface area contributed by atoms with Crippen molar-refractivity contribution in [1.29, 1.82) is 0 Å². The van der Waals surface area contributed by atoms with Crippen molar-refractivity contribution >= 4 is 23.6 Å². The lowest BCUT2D eigenvalue weighted by molar-refractivity contribution is -0.157. The fourth-order valence-electron chi connectivity index (χ4n) is 4.79. The van der Waals surface area contributed by atoms with Crippen molar-refractivity contribution in [3.8, 4) is 5.75 Å². The second-order valence-electron chi connectivity index (χ2n) is 8.36. The molecule has 1 aromatic rings. The number of nitrogens with zero attached hydrogens (tertiary/aromatic N) is 1. The first kappa shape index (κ1) is 22.1. The Morgan fingerprint density at radius 1 is 1.35 bits per heavy atom. The maximum Gasteiger partial charge on any atom is 0.353 e. The van der Waals surface area contributed by atoms with Gasteiger partial charge < -0.3 is 30.9 Å². The smallest absolute Gasteiger partial charge is 0.353 e. The third kappa shape index (κ3) is 4.19. The van der Waals surface area contributed by atoms with Gasteiger partial charge in [0.25, 0.3) is 0 Å².